The van der Waals surface area contributed by atoms with E-state index in [-0.39, 0.29) is 24.5 Å². The third-order valence-corrected chi connectivity index (χ3v) is 3.11. The molecule has 1 aromatic heterocycles. The molecule has 0 aliphatic heterocycles. The zero-order valence-electron chi connectivity index (χ0n) is 9.02. The minimum Gasteiger partial charge on any atom is -0.396 e. The summed E-state index contributed by atoms with van der Waals surface area (Å²) in [5.74, 6) is -0.0521. The minimum atomic E-state index is -0.223. The van der Waals surface area contributed by atoms with E-state index in [2.05, 4.69) is 20.7 Å². The molecular formula is C10H16N4O2. The third kappa shape index (κ3) is 2.38. The first-order valence-electron chi connectivity index (χ1n) is 5.58. The van der Waals surface area contributed by atoms with Crippen molar-refractivity contribution in [2.75, 3.05) is 6.61 Å². The summed E-state index contributed by atoms with van der Waals surface area (Å²) in [6.07, 6.45) is 5.52. The number of hydrogen-bond donors (Lipinski definition) is 3. The lowest BCUT2D eigenvalue weighted by molar-refractivity contribution is 0.0867. The molecule has 1 fully saturated rings. The monoisotopic (exact) mass is 224 g/mol. The maximum atomic E-state index is 11.7. The Morgan fingerprint density at radius 3 is 3.06 bits per heavy atom. The molecule has 1 aliphatic rings. The van der Waals surface area contributed by atoms with Crippen LogP contribution >= 0.6 is 0 Å². The Kier molecular flexibility index (Phi) is 3.51. The molecule has 1 aromatic rings. The van der Waals surface area contributed by atoms with Gasteiger partial charge >= 0.3 is 0 Å². The van der Waals surface area contributed by atoms with Crippen LogP contribution < -0.4 is 5.32 Å². The molecule has 6 heteroatoms. The van der Waals surface area contributed by atoms with Gasteiger partial charge < -0.3 is 10.4 Å². The van der Waals surface area contributed by atoms with Gasteiger partial charge in [-0.1, -0.05) is 12.8 Å². The predicted octanol–water partition coefficient (Wildman–Crippen LogP) is 0.0856. The molecule has 2 atom stereocenters. The van der Waals surface area contributed by atoms with Crippen molar-refractivity contribution in [1.29, 1.82) is 0 Å². The quantitative estimate of drug-likeness (QED) is 0.678. The van der Waals surface area contributed by atoms with Crippen LogP contribution in [-0.4, -0.2) is 39.1 Å². The number of rotatable bonds is 3. The molecule has 0 aromatic carbocycles. The molecule has 3 N–H and O–H groups in total. The summed E-state index contributed by atoms with van der Waals surface area (Å²) in [4.78, 5) is 11.7. The van der Waals surface area contributed by atoms with Gasteiger partial charge in [-0.15, -0.1) is 0 Å². The van der Waals surface area contributed by atoms with Crippen LogP contribution in [0.25, 0.3) is 0 Å². The van der Waals surface area contributed by atoms with Crippen LogP contribution in [-0.2, 0) is 0 Å². The molecule has 6 nitrogen and oxygen atoms in total. The maximum absolute atomic E-state index is 11.7. The highest BCUT2D eigenvalue weighted by atomic mass is 16.3. The van der Waals surface area contributed by atoms with E-state index < -0.39 is 0 Å². The van der Waals surface area contributed by atoms with E-state index in [1.54, 1.807) is 0 Å². The summed E-state index contributed by atoms with van der Waals surface area (Å²) in [6, 6.07) is 0.0583. The van der Waals surface area contributed by atoms with Gasteiger partial charge in [-0.05, 0) is 12.8 Å². The first kappa shape index (κ1) is 11.1. The highest BCUT2D eigenvalue weighted by molar-refractivity contribution is 5.92. The van der Waals surface area contributed by atoms with Crippen molar-refractivity contribution in [3.63, 3.8) is 0 Å². The van der Waals surface area contributed by atoms with Gasteiger partial charge in [0.15, 0.2) is 5.69 Å². The molecule has 2 rings (SSSR count). The number of nitrogens with zero attached hydrogens (tertiary/aromatic N) is 2. The van der Waals surface area contributed by atoms with E-state index in [0.29, 0.717) is 5.69 Å². The van der Waals surface area contributed by atoms with Crippen LogP contribution in [0.5, 0.6) is 0 Å². The molecule has 0 bridgehead atoms. The van der Waals surface area contributed by atoms with Gasteiger partial charge in [0.2, 0.25) is 0 Å². The number of nitrogens with one attached hydrogen (secondary N) is 2. The second-order valence-corrected chi connectivity index (χ2v) is 4.16. The second-order valence-electron chi connectivity index (χ2n) is 4.16. The smallest absolute Gasteiger partial charge is 0.273 e. The topological polar surface area (TPSA) is 90.9 Å². The van der Waals surface area contributed by atoms with Gasteiger partial charge in [-0.2, -0.15) is 15.4 Å². The lowest BCUT2D eigenvalue weighted by Gasteiger charge is -2.30. The minimum absolute atomic E-state index is 0.0583. The van der Waals surface area contributed by atoms with E-state index in [0.717, 1.165) is 25.7 Å². The Labute approximate surface area is 93.4 Å². The maximum Gasteiger partial charge on any atom is 0.273 e. The third-order valence-electron chi connectivity index (χ3n) is 3.11. The number of carbonyl (C=O) groups is 1. The number of aromatic amines is 1. The molecule has 1 saturated carbocycles. The molecule has 1 aliphatic carbocycles. The molecular weight excluding hydrogens is 208 g/mol. The number of carbonyl (C=O) groups excluding carboxylic acids is 1. The summed E-state index contributed by atoms with van der Waals surface area (Å²) < 4.78 is 0. The Hall–Kier alpha value is -1.43. The summed E-state index contributed by atoms with van der Waals surface area (Å²) >= 11 is 0. The number of amides is 1. The van der Waals surface area contributed by atoms with Crippen LogP contribution in [0.15, 0.2) is 6.20 Å². The van der Waals surface area contributed by atoms with Gasteiger partial charge in [0.1, 0.15) is 0 Å². The van der Waals surface area contributed by atoms with Gasteiger partial charge in [0, 0.05) is 18.6 Å². The van der Waals surface area contributed by atoms with Crippen molar-refractivity contribution in [3.8, 4) is 0 Å². The number of aliphatic hydroxyl groups is 1. The number of H-pyrrole nitrogens is 1. The fourth-order valence-electron chi connectivity index (χ4n) is 2.17. The zero-order valence-corrected chi connectivity index (χ0v) is 9.02. The molecule has 2 unspecified atom stereocenters. The molecule has 1 heterocycles. The first-order valence-corrected chi connectivity index (χ1v) is 5.58. The number of aromatic nitrogens is 3. The van der Waals surface area contributed by atoms with Crippen molar-refractivity contribution in [2.24, 2.45) is 5.92 Å². The van der Waals surface area contributed by atoms with Crippen LogP contribution in [0.2, 0.25) is 0 Å². The number of aliphatic hydroxyl groups excluding tert-OH is 1. The average molecular weight is 224 g/mol. The van der Waals surface area contributed by atoms with Gasteiger partial charge in [-0.3, -0.25) is 4.79 Å². The van der Waals surface area contributed by atoms with Crippen LogP contribution in [0.1, 0.15) is 36.2 Å². The van der Waals surface area contributed by atoms with Crippen molar-refractivity contribution >= 4 is 5.91 Å². The molecule has 1 amide bonds. The van der Waals surface area contributed by atoms with Gasteiger partial charge in [0.05, 0.1) is 6.20 Å². The average Bonchev–Trinajstić information content (AvgIpc) is 2.83. The van der Waals surface area contributed by atoms with Crippen molar-refractivity contribution < 1.29 is 9.90 Å². The van der Waals surface area contributed by atoms with Crippen LogP contribution in [0.3, 0.4) is 0 Å². The van der Waals surface area contributed by atoms with Crippen molar-refractivity contribution in [1.82, 2.24) is 20.7 Å². The Morgan fingerprint density at radius 2 is 2.38 bits per heavy atom. The summed E-state index contributed by atoms with van der Waals surface area (Å²) in [7, 11) is 0. The Bertz CT molecular complexity index is 339. The van der Waals surface area contributed by atoms with E-state index in [9.17, 15) is 9.90 Å². The predicted molar refractivity (Wildman–Crippen MR) is 56.7 cm³/mol. The highest BCUT2D eigenvalue weighted by Crippen LogP contribution is 2.24. The normalized spacial score (nSPS) is 25.3. The first-order chi connectivity index (χ1) is 7.81. The standard InChI is InChI=1S/C10H16N4O2/c15-6-7-3-1-2-4-8(7)12-10(16)9-5-11-14-13-9/h5,7-8,15H,1-4,6H2,(H,12,16)(H,11,13,14). The van der Waals surface area contributed by atoms with E-state index in [1.807, 2.05) is 0 Å². The van der Waals surface area contributed by atoms with E-state index >= 15 is 0 Å². The molecule has 0 radical (unpaired) electrons. The summed E-state index contributed by atoms with van der Waals surface area (Å²) in [6.45, 7) is 0.129. The van der Waals surface area contributed by atoms with Gasteiger partial charge in [-0.25, -0.2) is 0 Å². The van der Waals surface area contributed by atoms with Crippen LogP contribution in [0, 0.1) is 5.92 Å². The summed E-state index contributed by atoms with van der Waals surface area (Å²) in [5, 5.41) is 21.8. The van der Waals surface area contributed by atoms with E-state index in [1.165, 1.54) is 6.20 Å². The Morgan fingerprint density at radius 1 is 1.56 bits per heavy atom. The highest BCUT2D eigenvalue weighted by Gasteiger charge is 2.26. The number of hydrogen-bond acceptors (Lipinski definition) is 4. The van der Waals surface area contributed by atoms with Crippen molar-refractivity contribution in [2.45, 2.75) is 31.7 Å². The fraction of sp³-hybridized carbons (Fsp3) is 0.700. The molecule has 0 spiro atoms. The SMILES string of the molecule is O=C(NC1CCCCC1CO)c1cn[nH]n1. The zero-order chi connectivity index (χ0) is 11.4. The van der Waals surface area contributed by atoms with E-state index in [4.69, 9.17) is 0 Å². The molecule has 0 saturated heterocycles. The largest absolute Gasteiger partial charge is 0.396 e. The second kappa shape index (κ2) is 5.07. The van der Waals surface area contributed by atoms with Crippen molar-refractivity contribution in [3.05, 3.63) is 11.9 Å². The molecule has 16 heavy (non-hydrogen) atoms. The Balaban J connectivity index is 1.95. The molecule has 88 valence electrons. The lowest BCUT2D eigenvalue weighted by Crippen LogP contribution is -2.43. The van der Waals surface area contributed by atoms with Crippen LogP contribution in [0.4, 0.5) is 0 Å². The summed E-state index contributed by atoms with van der Waals surface area (Å²) in [5.41, 5.74) is 0.294. The lowest BCUT2D eigenvalue weighted by atomic mass is 9.85. The van der Waals surface area contributed by atoms with Gasteiger partial charge in [0.25, 0.3) is 5.91 Å². The fourth-order valence-corrected chi connectivity index (χ4v) is 2.17.